The second-order valence-electron chi connectivity index (χ2n) is 2.91. The van der Waals surface area contributed by atoms with Crippen molar-refractivity contribution in [2.45, 2.75) is 40.0 Å². The molecule has 11 heavy (non-hydrogen) atoms. The van der Waals surface area contributed by atoms with Crippen molar-refractivity contribution in [3.63, 3.8) is 0 Å². The van der Waals surface area contributed by atoms with Gasteiger partial charge in [-0.3, -0.25) is 0 Å². The highest BCUT2D eigenvalue weighted by Gasteiger charge is 2.00. The molecule has 0 rings (SSSR count). The maximum Gasteiger partial charge on any atom is 0.0641 e. The average molecular weight is 156 g/mol. The molecule has 0 aliphatic carbocycles. The highest BCUT2D eigenvalue weighted by atomic mass is 16.3. The van der Waals surface area contributed by atoms with Gasteiger partial charge in [0.2, 0.25) is 0 Å². The van der Waals surface area contributed by atoms with Crippen LogP contribution in [0.5, 0.6) is 0 Å². The lowest BCUT2D eigenvalue weighted by atomic mass is 9.99. The molecule has 0 aromatic carbocycles. The van der Waals surface area contributed by atoms with Crippen LogP contribution in [0.15, 0.2) is 11.6 Å². The third-order valence-corrected chi connectivity index (χ3v) is 2.18. The standard InChI is InChI=1S/C10H20O/c1-4-9(5-2)7-10(6-3)8-11/h7,9,11H,4-6,8H2,1-3H3. The van der Waals surface area contributed by atoms with Crippen LogP contribution in [0.2, 0.25) is 0 Å². The van der Waals surface area contributed by atoms with E-state index in [0.29, 0.717) is 5.92 Å². The van der Waals surface area contributed by atoms with Crippen LogP contribution in [0, 0.1) is 5.92 Å². The van der Waals surface area contributed by atoms with Crippen molar-refractivity contribution in [3.05, 3.63) is 11.6 Å². The first-order valence-electron chi connectivity index (χ1n) is 4.58. The Kier molecular flexibility index (Phi) is 6.24. The monoisotopic (exact) mass is 156 g/mol. The molecule has 0 spiro atoms. The van der Waals surface area contributed by atoms with Crippen molar-refractivity contribution in [2.24, 2.45) is 5.92 Å². The number of allylic oxidation sites excluding steroid dienone is 1. The Hall–Kier alpha value is -0.300. The van der Waals surface area contributed by atoms with Gasteiger partial charge in [0.25, 0.3) is 0 Å². The maximum atomic E-state index is 8.90. The topological polar surface area (TPSA) is 20.2 Å². The van der Waals surface area contributed by atoms with Crippen molar-refractivity contribution in [1.29, 1.82) is 0 Å². The van der Waals surface area contributed by atoms with E-state index in [1.807, 2.05) is 0 Å². The molecule has 1 heteroatoms. The molecule has 0 heterocycles. The summed E-state index contributed by atoms with van der Waals surface area (Å²) >= 11 is 0. The van der Waals surface area contributed by atoms with Gasteiger partial charge in [0.15, 0.2) is 0 Å². The van der Waals surface area contributed by atoms with Gasteiger partial charge >= 0.3 is 0 Å². The van der Waals surface area contributed by atoms with E-state index in [4.69, 9.17) is 5.11 Å². The summed E-state index contributed by atoms with van der Waals surface area (Å²) < 4.78 is 0. The molecule has 0 fully saturated rings. The van der Waals surface area contributed by atoms with Crippen molar-refractivity contribution in [3.8, 4) is 0 Å². The Morgan fingerprint density at radius 3 is 2.09 bits per heavy atom. The van der Waals surface area contributed by atoms with E-state index in [2.05, 4.69) is 26.8 Å². The average Bonchev–Trinajstić information content (AvgIpc) is 2.07. The highest BCUT2D eigenvalue weighted by molar-refractivity contribution is 5.03. The Labute approximate surface area is 70.1 Å². The molecule has 66 valence electrons. The van der Waals surface area contributed by atoms with Crippen LogP contribution in [0.25, 0.3) is 0 Å². The number of hydrogen-bond acceptors (Lipinski definition) is 1. The number of rotatable bonds is 5. The predicted octanol–water partition coefficient (Wildman–Crippen LogP) is 2.75. The largest absolute Gasteiger partial charge is 0.392 e. The minimum atomic E-state index is 0.229. The van der Waals surface area contributed by atoms with Gasteiger partial charge < -0.3 is 5.11 Å². The molecule has 0 aliphatic heterocycles. The predicted molar refractivity (Wildman–Crippen MR) is 49.5 cm³/mol. The summed E-state index contributed by atoms with van der Waals surface area (Å²) in [6, 6.07) is 0. The first kappa shape index (κ1) is 10.7. The normalized spacial score (nSPS) is 12.6. The fourth-order valence-electron chi connectivity index (χ4n) is 1.14. The van der Waals surface area contributed by atoms with Crippen LogP contribution in [0.4, 0.5) is 0 Å². The first-order chi connectivity index (χ1) is 5.28. The molecule has 0 saturated carbocycles. The lowest BCUT2D eigenvalue weighted by Crippen LogP contribution is -1.96. The molecular formula is C10H20O. The molecule has 0 atom stereocenters. The fraction of sp³-hybridized carbons (Fsp3) is 0.800. The Morgan fingerprint density at radius 1 is 1.27 bits per heavy atom. The third-order valence-electron chi connectivity index (χ3n) is 2.18. The molecule has 1 N–H and O–H groups in total. The quantitative estimate of drug-likeness (QED) is 0.607. The zero-order chi connectivity index (χ0) is 8.69. The van der Waals surface area contributed by atoms with E-state index in [1.165, 1.54) is 18.4 Å². The van der Waals surface area contributed by atoms with Gasteiger partial charge in [-0.2, -0.15) is 0 Å². The van der Waals surface area contributed by atoms with Crippen LogP contribution in [-0.2, 0) is 0 Å². The Bertz CT molecular complexity index is 106. The van der Waals surface area contributed by atoms with Crippen molar-refractivity contribution >= 4 is 0 Å². The SMILES string of the molecule is CCC(=CC(CC)CC)CO. The zero-order valence-corrected chi connectivity index (χ0v) is 7.93. The molecule has 0 radical (unpaired) electrons. The van der Waals surface area contributed by atoms with E-state index in [9.17, 15) is 0 Å². The molecule has 0 aliphatic rings. The van der Waals surface area contributed by atoms with Gasteiger partial charge in [0.05, 0.1) is 6.61 Å². The number of hydrogen-bond donors (Lipinski definition) is 1. The second kappa shape index (κ2) is 6.41. The lowest BCUT2D eigenvalue weighted by Gasteiger charge is -2.08. The van der Waals surface area contributed by atoms with E-state index in [0.717, 1.165) is 6.42 Å². The Morgan fingerprint density at radius 2 is 1.82 bits per heavy atom. The third kappa shape index (κ3) is 4.20. The summed E-state index contributed by atoms with van der Waals surface area (Å²) in [5, 5.41) is 8.90. The molecule has 0 amide bonds. The van der Waals surface area contributed by atoms with Crippen LogP contribution in [0.3, 0.4) is 0 Å². The molecule has 0 aromatic rings. The first-order valence-corrected chi connectivity index (χ1v) is 4.58. The fourth-order valence-corrected chi connectivity index (χ4v) is 1.14. The van der Waals surface area contributed by atoms with Crippen LogP contribution in [-0.4, -0.2) is 11.7 Å². The van der Waals surface area contributed by atoms with Gasteiger partial charge in [-0.05, 0) is 30.8 Å². The zero-order valence-electron chi connectivity index (χ0n) is 7.93. The van der Waals surface area contributed by atoms with Crippen LogP contribution >= 0.6 is 0 Å². The van der Waals surface area contributed by atoms with E-state index >= 15 is 0 Å². The van der Waals surface area contributed by atoms with Gasteiger partial charge in [0.1, 0.15) is 0 Å². The van der Waals surface area contributed by atoms with Crippen LogP contribution in [0.1, 0.15) is 40.0 Å². The van der Waals surface area contributed by atoms with Gasteiger partial charge in [-0.15, -0.1) is 0 Å². The summed E-state index contributed by atoms with van der Waals surface area (Å²) in [5.41, 5.74) is 1.18. The van der Waals surface area contributed by atoms with Crippen LogP contribution < -0.4 is 0 Å². The summed E-state index contributed by atoms with van der Waals surface area (Å²) in [6.45, 7) is 6.70. The molecule has 0 unspecified atom stereocenters. The lowest BCUT2D eigenvalue weighted by molar-refractivity contribution is 0.326. The summed E-state index contributed by atoms with van der Waals surface area (Å²) in [4.78, 5) is 0. The van der Waals surface area contributed by atoms with Gasteiger partial charge in [-0.25, -0.2) is 0 Å². The van der Waals surface area contributed by atoms with Gasteiger partial charge in [0, 0.05) is 0 Å². The minimum Gasteiger partial charge on any atom is -0.392 e. The van der Waals surface area contributed by atoms with Gasteiger partial charge in [-0.1, -0.05) is 26.8 Å². The van der Waals surface area contributed by atoms with Crippen molar-refractivity contribution < 1.29 is 5.11 Å². The minimum absolute atomic E-state index is 0.229. The molecule has 0 saturated heterocycles. The summed E-state index contributed by atoms with van der Waals surface area (Å²) in [5.74, 6) is 0.664. The number of aliphatic hydroxyl groups is 1. The van der Waals surface area contributed by atoms with E-state index in [-0.39, 0.29) is 6.61 Å². The van der Waals surface area contributed by atoms with E-state index < -0.39 is 0 Å². The van der Waals surface area contributed by atoms with Crippen molar-refractivity contribution in [2.75, 3.05) is 6.61 Å². The van der Waals surface area contributed by atoms with E-state index in [1.54, 1.807) is 0 Å². The molecule has 1 nitrogen and oxygen atoms in total. The summed E-state index contributed by atoms with van der Waals surface area (Å²) in [7, 11) is 0. The molecule has 0 bridgehead atoms. The Balaban J connectivity index is 3.98. The maximum absolute atomic E-state index is 8.90. The summed E-state index contributed by atoms with van der Waals surface area (Å²) in [6.07, 6.45) is 5.56. The smallest absolute Gasteiger partial charge is 0.0641 e. The van der Waals surface area contributed by atoms with Crippen molar-refractivity contribution in [1.82, 2.24) is 0 Å². The second-order valence-corrected chi connectivity index (χ2v) is 2.91. The molecular weight excluding hydrogens is 136 g/mol. The molecule has 0 aromatic heterocycles. The highest BCUT2D eigenvalue weighted by Crippen LogP contribution is 2.13. The number of aliphatic hydroxyl groups excluding tert-OH is 1.